The van der Waals surface area contributed by atoms with Gasteiger partial charge in [0.2, 0.25) is 0 Å². The van der Waals surface area contributed by atoms with Crippen molar-refractivity contribution in [3.05, 3.63) is 21.3 Å². The maximum absolute atomic E-state index is 5.94. The van der Waals surface area contributed by atoms with Gasteiger partial charge in [-0.05, 0) is 66.7 Å². The molecule has 1 N–H and O–H groups in total. The first kappa shape index (κ1) is 21.5. The largest absolute Gasteiger partial charge is 0.490 e. The molecule has 0 saturated carbocycles. The van der Waals surface area contributed by atoms with Gasteiger partial charge in [-0.2, -0.15) is 0 Å². The van der Waals surface area contributed by atoms with Gasteiger partial charge >= 0.3 is 0 Å². The van der Waals surface area contributed by atoms with Gasteiger partial charge in [0.1, 0.15) is 0 Å². The molecule has 1 aromatic rings. The highest BCUT2D eigenvalue weighted by Crippen LogP contribution is 2.34. The van der Waals surface area contributed by atoms with Crippen LogP contribution in [0.1, 0.15) is 46.1 Å². The molecule has 0 aliphatic carbocycles. The Morgan fingerprint density at radius 2 is 1.83 bits per heavy atom. The van der Waals surface area contributed by atoms with Crippen LogP contribution < -0.4 is 14.8 Å². The average molecular weight is 448 g/mol. The van der Waals surface area contributed by atoms with E-state index >= 15 is 0 Å². The van der Waals surface area contributed by atoms with Crippen molar-refractivity contribution in [2.24, 2.45) is 0 Å². The molecule has 0 spiro atoms. The summed E-state index contributed by atoms with van der Waals surface area (Å²) in [5, 5.41) is 3.53. The van der Waals surface area contributed by atoms with E-state index < -0.39 is 0 Å². The second-order valence-electron chi connectivity index (χ2n) is 5.74. The van der Waals surface area contributed by atoms with Crippen molar-refractivity contribution in [1.29, 1.82) is 0 Å². The molecular weight excluding hydrogens is 415 g/mol. The fraction of sp³-hybridized carbons (Fsp3) is 0.684. The smallest absolute Gasteiger partial charge is 0.174 e. The average Bonchev–Trinajstić information content (AvgIpc) is 2.57. The normalized spacial score (nSPS) is 11.1. The van der Waals surface area contributed by atoms with E-state index in [1.54, 1.807) is 0 Å². The number of benzene rings is 1. The van der Waals surface area contributed by atoms with Crippen LogP contribution in [-0.4, -0.2) is 44.3 Å². The first-order chi connectivity index (χ1) is 11.7. The van der Waals surface area contributed by atoms with Gasteiger partial charge in [0.25, 0.3) is 0 Å². The molecule has 0 unspecified atom stereocenters. The summed E-state index contributed by atoms with van der Waals surface area (Å²) in [4.78, 5) is 2.42. The molecule has 0 aliphatic heterocycles. The topological polar surface area (TPSA) is 33.7 Å². The number of hydrogen-bond acceptors (Lipinski definition) is 4. The molecule has 1 rings (SSSR count). The lowest BCUT2D eigenvalue weighted by atomic mass is 10.2. The second-order valence-corrected chi connectivity index (χ2v) is 6.91. The molecule has 0 amide bonds. The van der Waals surface area contributed by atoms with Gasteiger partial charge in [-0.3, -0.25) is 0 Å². The van der Waals surface area contributed by atoms with E-state index in [9.17, 15) is 0 Å². The molecule has 138 valence electrons. The van der Waals surface area contributed by atoms with Gasteiger partial charge in [-0.1, -0.05) is 27.2 Å². The van der Waals surface area contributed by atoms with Gasteiger partial charge in [-0.25, -0.2) is 0 Å². The molecule has 0 aliphatic rings. The number of nitrogens with one attached hydrogen (secondary N) is 1. The van der Waals surface area contributed by atoms with Crippen molar-refractivity contribution in [3.63, 3.8) is 0 Å². The molecule has 0 radical (unpaired) electrons. The summed E-state index contributed by atoms with van der Waals surface area (Å²) in [5.41, 5.74) is 1.24. The Balaban J connectivity index is 2.64. The molecular formula is C19H33IN2O2. The molecule has 4 nitrogen and oxygen atoms in total. The highest BCUT2D eigenvalue weighted by atomic mass is 127. The summed E-state index contributed by atoms with van der Waals surface area (Å²) in [6.45, 7) is 15.1. The van der Waals surface area contributed by atoms with Gasteiger partial charge in [-0.15, -0.1) is 0 Å². The molecule has 5 heteroatoms. The van der Waals surface area contributed by atoms with E-state index in [4.69, 9.17) is 9.47 Å². The van der Waals surface area contributed by atoms with Crippen molar-refractivity contribution in [1.82, 2.24) is 10.2 Å². The van der Waals surface area contributed by atoms with E-state index in [0.29, 0.717) is 6.61 Å². The number of ether oxygens (including phenoxy) is 2. The first-order valence-electron chi connectivity index (χ1n) is 9.17. The van der Waals surface area contributed by atoms with Crippen LogP contribution in [0.5, 0.6) is 11.5 Å². The third kappa shape index (κ3) is 7.57. The predicted octanol–water partition coefficient (Wildman–Crippen LogP) is 4.30. The summed E-state index contributed by atoms with van der Waals surface area (Å²) in [5.74, 6) is 1.75. The van der Waals surface area contributed by atoms with Gasteiger partial charge in [0, 0.05) is 19.6 Å². The minimum absolute atomic E-state index is 0.652. The Kier molecular flexibility index (Phi) is 11.5. The number of halogens is 1. The van der Waals surface area contributed by atoms with E-state index in [0.717, 1.165) is 67.2 Å². The summed E-state index contributed by atoms with van der Waals surface area (Å²) in [7, 11) is 0. The Labute approximate surface area is 161 Å². The van der Waals surface area contributed by atoms with Crippen molar-refractivity contribution >= 4 is 22.6 Å². The van der Waals surface area contributed by atoms with Crippen LogP contribution in [0.4, 0.5) is 0 Å². The SMILES string of the molecule is CCCCOc1c(I)cc(CNCCN(CC)CC)cc1OCC. The Morgan fingerprint density at radius 1 is 1.08 bits per heavy atom. The molecule has 0 bridgehead atoms. The second kappa shape index (κ2) is 12.8. The zero-order valence-corrected chi connectivity index (χ0v) is 17.8. The summed E-state index contributed by atoms with van der Waals surface area (Å²) >= 11 is 2.35. The maximum atomic E-state index is 5.94. The Morgan fingerprint density at radius 3 is 2.46 bits per heavy atom. The number of hydrogen-bond donors (Lipinski definition) is 1. The first-order valence-corrected chi connectivity index (χ1v) is 10.2. The van der Waals surface area contributed by atoms with E-state index in [1.807, 2.05) is 6.92 Å². The molecule has 24 heavy (non-hydrogen) atoms. The van der Waals surface area contributed by atoms with Crippen LogP contribution in [0.3, 0.4) is 0 Å². The van der Waals surface area contributed by atoms with E-state index in [1.165, 1.54) is 5.56 Å². The van der Waals surface area contributed by atoms with Crippen molar-refractivity contribution in [3.8, 4) is 11.5 Å². The lowest BCUT2D eigenvalue weighted by Gasteiger charge is -2.18. The quantitative estimate of drug-likeness (QED) is 0.361. The monoisotopic (exact) mass is 448 g/mol. The Bertz CT molecular complexity index is 465. The minimum Gasteiger partial charge on any atom is -0.490 e. The highest BCUT2D eigenvalue weighted by Gasteiger charge is 2.12. The lowest BCUT2D eigenvalue weighted by Crippen LogP contribution is -2.31. The fourth-order valence-electron chi connectivity index (χ4n) is 2.45. The maximum Gasteiger partial charge on any atom is 0.174 e. The summed E-state index contributed by atoms with van der Waals surface area (Å²) < 4.78 is 12.9. The highest BCUT2D eigenvalue weighted by molar-refractivity contribution is 14.1. The number of nitrogens with zero attached hydrogens (tertiary/aromatic N) is 1. The van der Waals surface area contributed by atoms with Gasteiger partial charge < -0.3 is 19.7 Å². The molecule has 1 aromatic carbocycles. The van der Waals surface area contributed by atoms with Gasteiger partial charge in [0.05, 0.1) is 16.8 Å². The molecule has 0 aromatic heterocycles. The molecule has 0 heterocycles. The van der Waals surface area contributed by atoms with Crippen LogP contribution in [-0.2, 0) is 6.54 Å². The Hall–Kier alpha value is -0.530. The van der Waals surface area contributed by atoms with Gasteiger partial charge in [0.15, 0.2) is 11.5 Å². The van der Waals surface area contributed by atoms with Crippen LogP contribution >= 0.6 is 22.6 Å². The molecule has 0 fully saturated rings. The van der Waals surface area contributed by atoms with E-state index in [-0.39, 0.29) is 0 Å². The summed E-state index contributed by atoms with van der Waals surface area (Å²) in [6.07, 6.45) is 2.20. The minimum atomic E-state index is 0.652. The standard InChI is InChI=1S/C19H33IN2O2/c1-5-9-12-24-19-17(20)13-16(14-18(19)23-8-4)15-21-10-11-22(6-2)7-3/h13-14,21H,5-12,15H2,1-4H3. The number of likely N-dealkylation sites (N-methyl/N-ethyl adjacent to an activating group) is 1. The summed E-state index contributed by atoms with van der Waals surface area (Å²) in [6, 6.07) is 4.30. The van der Waals surface area contributed by atoms with Crippen molar-refractivity contribution in [2.75, 3.05) is 39.4 Å². The third-order valence-corrected chi connectivity index (χ3v) is 4.74. The van der Waals surface area contributed by atoms with Crippen molar-refractivity contribution in [2.45, 2.75) is 47.1 Å². The van der Waals surface area contributed by atoms with Crippen LogP contribution in [0.15, 0.2) is 12.1 Å². The molecule has 0 atom stereocenters. The predicted molar refractivity (Wildman–Crippen MR) is 110 cm³/mol. The van der Waals surface area contributed by atoms with Crippen molar-refractivity contribution < 1.29 is 9.47 Å². The lowest BCUT2D eigenvalue weighted by molar-refractivity contribution is 0.270. The number of unbranched alkanes of at least 4 members (excludes halogenated alkanes) is 1. The van der Waals surface area contributed by atoms with Crippen LogP contribution in [0.25, 0.3) is 0 Å². The third-order valence-electron chi connectivity index (χ3n) is 3.94. The van der Waals surface area contributed by atoms with Crippen LogP contribution in [0.2, 0.25) is 0 Å². The van der Waals surface area contributed by atoms with E-state index in [2.05, 4.69) is 65.7 Å². The number of rotatable bonds is 13. The fourth-order valence-corrected chi connectivity index (χ4v) is 3.28. The zero-order chi connectivity index (χ0) is 17.8. The van der Waals surface area contributed by atoms with Crippen LogP contribution in [0, 0.1) is 3.57 Å². The molecule has 0 saturated heterocycles. The zero-order valence-electron chi connectivity index (χ0n) is 15.7.